The van der Waals surface area contributed by atoms with Gasteiger partial charge in [0.25, 0.3) is 0 Å². The Labute approximate surface area is 231 Å². The minimum Gasteiger partial charge on any atom is -0.351 e. The van der Waals surface area contributed by atoms with Crippen LogP contribution in [0.15, 0.2) is 48.9 Å². The summed E-state index contributed by atoms with van der Waals surface area (Å²) in [6.45, 7) is 5.22. The van der Waals surface area contributed by atoms with Gasteiger partial charge in [-0.1, -0.05) is 37.4 Å². The second kappa shape index (κ2) is 10.8. The van der Waals surface area contributed by atoms with Gasteiger partial charge in [0.15, 0.2) is 6.17 Å². The van der Waals surface area contributed by atoms with Gasteiger partial charge in [0.2, 0.25) is 5.95 Å². The van der Waals surface area contributed by atoms with Gasteiger partial charge in [0, 0.05) is 30.7 Å². The Balaban J connectivity index is 1.50. The van der Waals surface area contributed by atoms with Crippen LogP contribution in [0.1, 0.15) is 63.1 Å². The molecule has 1 aliphatic carbocycles. The number of pyridine rings is 3. The van der Waals surface area contributed by atoms with E-state index in [4.69, 9.17) is 26.4 Å². The first-order valence-corrected chi connectivity index (χ1v) is 13.7. The van der Waals surface area contributed by atoms with E-state index in [1.807, 2.05) is 30.3 Å². The molecule has 11 heteroatoms. The summed E-state index contributed by atoms with van der Waals surface area (Å²) >= 11 is 6.36. The normalized spacial score (nSPS) is 21.9. The third-order valence-electron chi connectivity index (χ3n) is 7.60. The van der Waals surface area contributed by atoms with Crippen molar-refractivity contribution in [1.82, 2.24) is 35.3 Å². The highest BCUT2D eigenvalue weighted by Crippen LogP contribution is 2.36. The van der Waals surface area contributed by atoms with Crippen LogP contribution >= 0.6 is 11.6 Å². The van der Waals surface area contributed by atoms with E-state index in [0.29, 0.717) is 22.3 Å². The van der Waals surface area contributed by atoms with Gasteiger partial charge >= 0.3 is 6.09 Å². The number of nitrogens with one attached hydrogen (secondary N) is 3. The van der Waals surface area contributed by atoms with Gasteiger partial charge in [-0.2, -0.15) is 0 Å². The molecule has 1 aliphatic heterocycles. The number of carbonyl (C=O) groups excluding carboxylic acids is 1. The van der Waals surface area contributed by atoms with Gasteiger partial charge in [-0.15, -0.1) is 5.48 Å². The Kier molecular flexibility index (Phi) is 7.05. The molecule has 3 N–H and O–H groups in total. The molecule has 2 fully saturated rings. The molecule has 4 aromatic rings. The van der Waals surface area contributed by atoms with Crippen LogP contribution in [0.3, 0.4) is 0 Å². The van der Waals surface area contributed by atoms with Gasteiger partial charge in [-0.25, -0.2) is 14.8 Å². The molecule has 2 atom stereocenters. The monoisotopic (exact) mass is 546 g/mol. The number of fused-ring (bicyclic) bond motifs is 1. The van der Waals surface area contributed by atoms with Crippen molar-refractivity contribution in [2.75, 3.05) is 5.32 Å². The fourth-order valence-corrected chi connectivity index (χ4v) is 5.62. The van der Waals surface area contributed by atoms with Crippen molar-refractivity contribution in [2.45, 2.75) is 58.3 Å². The third kappa shape index (κ3) is 5.39. The summed E-state index contributed by atoms with van der Waals surface area (Å²) in [5, 5.41) is 6.86. The number of amides is 1. The maximum absolute atomic E-state index is 11.8. The molecule has 6 rings (SSSR count). The Bertz CT molecular complexity index is 1490. The highest BCUT2D eigenvalue weighted by molar-refractivity contribution is 6.30. The molecule has 2 aliphatic rings. The summed E-state index contributed by atoms with van der Waals surface area (Å²) < 4.78 is 2.25. The van der Waals surface area contributed by atoms with Gasteiger partial charge in [-0.3, -0.25) is 15.3 Å². The van der Waals surface area contributed by atoms with E-state index in [2.05, 4.69) is 44.5 Å². The van der Waals surface area contributed by atoms with Crippen molar-refractivity contribution in [3.63, 3.8) is 0 Å². The summed E-state index contributed by atoms with van der Waals surface area (Å²) in [5.74, 6) is 2.03. The first-order chi connectivity index (χ1) is 18.9. The van der Waals surface area contributed by atoms with E-state index >= 15 is 0 Å². The van der Waals surface area contributed by atoms with Gasteiger partial charge in [-0.05, 0) is 55.9 Å². The molecule has 202 valence electrons. The predicted molar refractivity (Wildman–Crippen MR) is 149 cm³/mol. The molecule has 39 heavy (non-hydrogen) atoms. The Morgan fingerprint density at radius 2 is 2.03 bits per heavy atom. The molecule has 2 unspecified atom stereocenters. The second-order valence-corrected chi connectivity index (χ2v) is 11.0. The van der Waals surface area contributed by atoms with Crippen molar-refractivity contribution in [2.24, 2.45) is 11.8 Å². The number of halogens is 1. The van der Waals surface area contributed by atoms with Crippen LogP contribution in [-0.4, -0.2) is 30.6 Å². The fourth-order valence-electron chi connectivity index (χ4n) is 5.45. The number of carbonyl (C=O) groups is 1. The lowest BCUT2D eigenvalue weighted by Crippen LogP contribution is -2.23. The highest BCUT2D eigenvalue weighted by Gasteiger charge is 2.29. The van der Waals surface area contributed by atoms with E-state index in [1.54, 1.807) is 18.6 Å². The molecule has 0 radical (unpaired) electrons. The Morgan fingerprint density at radius 1 is 1.18 bits per heavy atom. The van der Waals surface area contributed by atoms with Crippen molar-refractivity contribution < 1.29 is 9.63 Å². The topological polar surface area (TPSA) is 119 Å². The van der Waals surface area contributed by atoms with Crippen LogP contribution in [0.4, 0.5) is 10.7 Å². The summed E-state index contributed by atoms with van der Waals surface area (Å²) in [6.07, 6.45) is 8.77. The maximum atomic E-state index is 11.8. The van der Waals surface area contributed by atoms with E-state index < -0.39 is 12.3 Å². The van der Waals surface area contributed by atoms with Crippen LogP contribution in [0.2, 0.25) is 5.02 Å². The van der Waals surface area contributed by atoms with Crippen molar-refractivity contribution >= 4 is 34.7 Å². The molecule has 5 heterocycles. The Morgan fingerprint density at radius 3 is 2.74 bits per heavy atom. The van der Waals surface area contributed by atoms with Crippen LogP contribution in [0.5, 0.6) is 0 Å². The summed E-state index contributed by atoms with van der Waals surface area (Å²) in [7, 11) is 0. The number of hydroxylamine groups is 1. The van der Waals surface area contributed by atoms with Gasteiger partial charge in [0.1, 0.15) is 0 Å². The minimum absolute atomic E-state index is 0.0685. The molecule has 0 bridgehead atoms. The van der Waals surface area contributed by atoms with Crippen molar-refractivity contribution in [1.29, 1.82) is 0 Å². The first-order valence-electron chi connectivity index (χ1n) is 13.4. The highest BCUT2D eigenvalue weighted by atomic mass is 35.5. The lowest BCUT2D eigenvalue weighted by molar-refractivity contribution is 0.121. The molecule has 0 spiro atoms. The second-order valence-electron chi connectivity index (χ2n) is 10.5. The standard InChI is InChI=1S/C28H31ClN8O2/c1-16-6-8-18(9-7-16)15-37-25-22(34-27(37)32-17(2)21-5-3-4-10-31-21)12-23(26-35-28(38)39-36-26)33-24(25)19-11-20(29)14-30-13-19/h3-5,10-14,16-18,26,36H,6-9,15H2,1-2H3,(H,32,34)(H,35,38). The zero-order valence-corrected chi connectivity index (χ0v) is 22.7. The van der Waals surface area contributed by atoms with Gasteiger partial charge in [0.05, 0.1) is 39.2 Å². The molecule has 0 aromatic carbocycles. The van der Waals surface area contributed by atoms with E-state index in [-0.39, 0.29) is 6.04 Å². The number of hydrogen-bond acceptors (Lipinski definition) is 8. The molecular weight excluding hydrogens is 516 g/mol. The molecule has 1 saturated heterocycles. The Hall–Kier alpha value is -3.76. The van der Waals surface area contributed by atoms with Crippen LogP contribution < -0.4 is 16.1 Å². The van der Waals surface area contributed by atoms with Crippen LogP contribution in [-0.2, 0) is 11.4 Å². The van der Waals surface area contributed by atoms with Crippen molar-refractivity contribution in [3.8, 4) is 11.3 Å². The zero-order chi connectivity index (χ0) is 26.9. The molecule has 1 amide bonds. The zero-order valence-electron chi connectivity index (χ0n) is 21.9. The fraction of sp³-hybridized carbons (Fsp3) is 0.393. The quantitative estimate of drug-likeness (QED) is 0.267. The number of rotatable bonds is 7. The van der Waals surface area contributed by atoms with E-state index in [1.165, 1.54) is 25.7 Å². The number of anilines is 1. The maximum Gasteiger partial charge on any atom is 0.427 e. The average Bonchev–Trinajstić information content (AvgIpc) is 3.53. The summed E-state index contributed by atoms with van der Waals surface area (Å²) in [5.41, 5.74) is 7.29. The largest absolute Gasteiger partial charge is 0.427 e. The molecule has 4 aromatic heterocycles. The lowest BCUT2D eigenvalue weighted by Gasteiger charge is -2.27. The molecule has 10 nitrogen and oxygen atoms in total. The first kappa shape index (κ1) is 25.5. The summed E-state index contributed by atoms with van der Waals surface area (Å²) in [6, 6.07) is 9.57. The van der Waals surface area contributed by atoms with Crippen molar-refractivity contribution in [3.05, 3.63) is 65.3 Å². The van der Waals surface area contributed by atoms with Crippen LogP contribution in [0.25, 0.3) is 22.3 Å². The smallest absolute Gasteiger partial charge is 0.351 e. The van der Waals surface area contributed by atoms with Crippen LogP contribution in [0, 0.1) is 11.8 Å². The number of nitrogens with zero attached hydrogens (tertiary/aromatic N) is 5. The predicted octanol–water partition coefficient (Wildman–Crippen LogP) is 5.78. The number of hydrogen-bond donors (Lipinski definition) is 3. The minimum atomic E-state index is -0.610. The van der Waals surface area contributed by atoms with E-state index in [9.17, 15) is 4.79 Å². The average molecular weight is 547 g/mol. The van der Waals surface area contributed by atoms with E-state index in [0.717, 1.165) is 40.7 Å². The lowest BCUT2D eigenvalue weighted by atomic mass is 9.83. The van der Waals surface area contributed by atoms with Gasteiger partial charge < -0.3 is 14.7 Å². The SMILES string of the molecule is CC1CCC(Cn2c(NC(C)c3ccccn3)nc3cc(C4NOC(=O)N4)nc(-c4cncc(Cl)c4)c32)CC1. The third-order valence-corrected chi connectivity index (χ3v) is 7.81. The number of aromatic nitrogens is 5. The molecule has 1 saturated carbocycles. The number of imidazole rings is 1. The molecular formula is C28H31ClN8O2. The summed E-state index contributed by atoms with van der Waals surface area (Å²) in [4.78, 5) is 35.6.